The van der Waals surface area contributed by atoms with Gasteiger partial charge in [-0.3, -0.25) is 9.69 Å². The molecule has 1 aromatic rings. The Hall–Kier alpha value is -1.53. The highest BCUT2D eigenvalue weighted by atomic mass is 32.2. The molecule has 3 rings (SSSR count). The fourth-order valence-corrected chi connectivity index (χ4v) is 6.26. The van der Waals surface area contributed by atoms with Crippen molar-refractivity contribution < 1.29 is 26.4 Å². The predicted molar refractivity (Wildman–Crippen MR) is 103 cm³/mol. The summed E-state index contributed by atoms with van der Waals surface area (Å²) >= 11 is 0. The number of benzene rings is 1. The fourth-order valence-electron chi connectivity index (χ4n) is 3.22. The van der Waals surface area contributed by atoms with Gasteiger partial charge in [0.1, 0.15) is 0 Å². The van der Waals surface area contributed by atoms with Crippen molar-refractivity contribution in [2.45, 2.75) is 17.4 Å². The van der Waals surface area contributed by atoms with E-state index in [0.29, 0.717) is 25.3 Å². The van der Waals surface area contributed by atoms with Crippen molar-refractivity contribution in [1.29, 1.82) is 0 Å². The van der Waals surface area contributed by atoms with Crippen molar-refractivity contribution >= 4 is 25.8 Å². The molecule has 0 saturated carbocycles. The maximum absolute atomic E-state index is 12.4. The van der Waals surface area contributed by atoms with Gasteiger partial charge in [-0.1, -0.05) is 0 Å². The number of amides is 1. The predicted octanol–water partition coefficient (Wildman–Crippen LogP) is -0.786. The first-order valence-corrected chi connectivity index (χ1v) is 12.5. The number of sulfonamides is 1. The van der Waals surface area contributed by atoms with Crippen LogP contribution < -0.4 is 10.0 Å². The van der Waals surface area contributed by atoms with Crippen LogP contribution in [0.25, 0.3) is 0 Å². The topological polar surface area (TPSA) is 122 Å². The minimum Gasteiger partial charge on any atom is -0.379 e. The summed E-state index contributed by atoms with van der Waals surface area (Å²) in [6.07, 6.45) is 0.269. The summed E-state index contributed by atoms with van der Waals surface area (Å²) in [5.74, 6) is -0.466. The summed E-state index contributed by atoms with van der Waals surface area (Å²) in [7, 11) is -7.01. The van der Waals surface area contributed by atoms with Gasteiger partial charge in [0.15, 0.2) is 9.84 Å². The third-order valence-corrected chi connectivity index (χ3v) is 8.10. The molecule has 1 atom stereocenters. The van der Waals surface area contributed by atoms with E-state index < -0.39 is 25.9 Å². The van der Waals surface area contributed by atoms with Crippen LogP contribution in [-0.2, 0) is 24.6 Å². The van der Waals surface area contributed by atoms with Crippen molar-refractivity contribution in [3.8, 4) is 0 Å². The summed E-state index contributed by atoms with van der Waals surface area (Å²) in [4.78, 5) is 14.4. The number of nitrogens with zero attached hydrogens (tertiary/aromatic N) is 1. The maximum atomic E-state index is 12.4. The van der Waals surface area contributed by atoms with Crippen LogP contribution in [0, 0.1) is 0 Å². The first kappa shape index (κ1) is 21.2. The largest absolute Gasteiger partial charge is 0.379 e. The van der Waals surface area contributed by atoms with Crippen LogP contribution in [0.3, 0.4) is 0 Å². The standard InChI is InChI=1S/C17H25N3O6S2/c21-17(18-6-7-20-8-10-26-11-9-20)14-1-3-16(4-2-14)28(24,25)19-15-5-12-27(22,23)13-15/h1-4,15,19H,5-13H2,(H,18,21). The molecule has 1 amide bonds. The van der Waals surface area contributed by atoms with E-state index in [1.54, 1.807) is 0 Å². The molecule has 0 spiro atoms. The number of morpholine rings is 1. The van der Waals surface area contributed by atoms with Gasteiger partial charge in [-0.15, -0.1) is 0 Å². The van der Waals surface area contributed by atoms with Crippen molar-refractivity contribution in [3.63, 3.8) is 0 Å². The zero-order valence-corrected chi connectivity index (χ0v) is 17.1. The van der Waals surface area contributed by atoms with Crippen molar-refractivity contribution in [2.75, 3.05) is 50.9 Å². The van der Waals surface area contributed by atoms with E-state index in [0.717, 1.165) is 19.6 Å². The van der Waals surface area contributed by atoms with E-state index in [2.05, 4.69) is 14.9 Å². The van der Waals surface area contributed by atoms with Crippen LogP contribution in [0.15, 0.2) is 29.2 Å². The van der Waals surface area contributed by atoms with Crippen molar-refractivity contribution in [2.24, 2.45) is 0 Å². The minimum absolute atomic E-state index is 0.00154. The Bertz CT molecular complexity index is 893. The lowest BCUT2D eigenvalue weighted by atomic mass is 10.2. The summed E-state index contributed by atoms with van der Waals surface area (Å²) in [5.41, 5.74) is 0.365. The highest BCUT2D eigenvalue weighted by Crippen LogP contribution is 2.16. The van der Waals surface area contributed by atoms with Gasteiger partial charge >= 0.3 is 0 Å². The van der Waals surface area contributed by atoms with Crippen molar-refractivity contribution in [1.82, 2.24) is 14.9 Å². The fraction of sp³-hybridized carbons (Fsp3) is 0.588. The van der Waals surface area contributed by atoms with Gasteiger partial charge in [0.05, 0.1) is 29.6 Å². The van der Waals surface area contributed by atoms with E-state index in [4.69, 9.17) is 4.74 Å². The number of sulfone groups is 1. The van der Waals surface area contributed by atoms with Crippen LogP contribution in [-0.4, -0.2) is 84.6 Å². The number of carbonyl (C=O) groups excluding carboxylic acids is 1. The molecular formula is C17H25N3O6S2. The molecule has 2 N–H and O–H groups in total. The van der Waals surface area contributed by atoms with Gasteiger partial charge in [-0.2, -0.15) is 0 Å². The molecule has 11 heteroatoms. The Balaban J connectivity index is 1.52. The summed E-state index contributed by atoms with van der Waals surface area (Å²) in [6, 6.07) is 4.98. The maximum Gasteiger partial charge on any atom is 0.251 e. The molecular weight excluding hydrogens is 406 g/mol. The molecule has 1 aromatic carbocycles. The van der Waals surface area contributed by atoms with Crippen LogP contribution in [0.1, 0.15) is 16.8 Å². The molecule has 2 fully saturated rings. The van der Waals surface area contributed by atoms with Gasteiger partial charge < -0.3 is 10.1 Å². The summed E-state index contributed by atoms with van der Waals surface area (Å²) in [6.45, 7) is 4.32. The molecule has 0 bridgehead atoms. The van der Waals surface area contributed by atoms with E-state index >= 15 is 0 Å². The van der Waals surface area contributed by atoms with Crippen LogP contribution in [0.2, 0.25) is 0 Å². The van der Waals surface area contributed by atoms with Gasteiger partial charge in [-0.25, -0.2) is 21.6 Å². The third-order valence-electron chi connectivity index (χ3n) is 4.80. The molecule has 2 saturated heterocycles. The Morgan fingerprint density at radius 2 is 1.86 bits per heavy atom. The molecule has 0 aliphatic carbocycles. The van der Waals surface area contributed by atoms with Gasteiger partial charge in [0.2, 0.25) is 10.0 Å². The van der Waals surface area contributed by atoms with E-state index in [1.165, 1.54) is 24.3 Å². The molecule has 2 aliphatic rings. The highest BCUT2D eigenvalue weighted by Gasteiger charge is 2.31. The second kappa shape index (κ2) is 8.87. The first-order chi connectivity index (χ1) is 13.3. The Morgan fingerprint density at radius 3 is 2.46 bits per heavy atom. The number of ether oxygens (including phenoxy) is 1. The molecule has 2 heterocycles. The number of rotatable bonds is 7. The smallest absolute Gasteiger partial charge is 0.251 e. The van der Waals surface area contributed by atoms with E-state index in [9.17, 15) is 21.6 Å². The number of carbonyl (C=O) groups is 1. The average Bonchev–Trinajstić information content (AvgIpc) is 3.00. The quantitative estimate of drug-likeness (QED) is 0.580. The van der Waals surface area contributed by atoms with E-state index in [1.807, 2.05) is 0 Å². The average molecular weight is 432 g/mol. The SMILES string of the molecule is O=C(NCCN1CCOCC1)c1ccc(S(=O)(=O)NC2CCS(=O)(=O)C2)cc1. The molecule has 156 valence electrons. The summed E-state index contributed by atoms with van der Waals surface area (Å²) in [5, 5.41) is 2.82. The number of nitrogens with one attached hydrogen (secondary N) is 2. The van der Waals surface area contributed by atoms with Gasteiger partial charge in [0.25, 0.3) is 5.91 Å². The zero-order chi connectivity index (χ0) is 20.2. The summed E-state index contributed by atoms with van der Waals surface area (Å²) < 4.78 is 55.5. The molecule has 28 heavy (non-hydrogen) atoms. The Morgan fingerprint density at radius 1 is 1.18 bits per heavy atom. The van der Waals surface area contributed by atoms with Gasteiger partial charge in [-0.05, 0) is 30.7 Å². The zero-order valence-electron chi connectivity index (χ0n) is 15.5. The molecule has 0 aromatic heterocycles. The van der Waals surface area contributed by atoms with Crippen LogP contribution >= 0.6 is 0 Å². The molecule has 1 unspecified atom stereocenters. The molecule has 2 aliphatic heterocycles. The first-order valence-electron chi connectivity index (χ1n) is 9.16. The van der Waals surface area contributed by atoms with Crippen LogP contribution in [0.4, 0.5) is 0 Å². The normalized spacial score (nSPS) is 22.8. The van der Waals surface area contributed by atoms with Gasteiger partial charge in [0, 0.05) is 37.8 Å². The monoisotopic (exact) mass is 431 g/mol. The number of hydrogen-bond acceptors (Lipinski definition) is 7. The minimum atomic E-state index is -3.83. The second-order valence-corrected chi connectivity index (χ2v) is 10.9. The highest BCUT2D eigenvalue weighted by molar-refractivity contribution is 7.92. The lowest BCUT2D eigenvalue weighted by Gasteiger charge is -2.26. The molecule has 0 radical (unpaired) electrons. The lowest BCUT2D eigenvalue weighted by molar-refractivity contribution is 0.0383. The number of hydrogen-bond donors (Lipinski definition) is 2. The third kappa shape index (κ3) is 5.74. The Labute approximate surface area is 165 Å². The van der Waals surface area contributed by atoms with E-state index in [-0.39, 0.29) is 28.7 Å². The molecule has 9 nitrogen and oxygen atoms in total. The second-order valence-electron chi connectivity index (χ2n) is 6.96. The Kier molecular flexibility index (Phi) is 6.71. The van der Waals surface area contributed by atoms with Crippen LogP contribution in [0.5, 0.6) is 0 Å². The van der Waals surface area contributed by atoms with Crippen molar-refractivity contribution in [3.05, 3.63) is 29.8 Å². The lowest BCUT2D eigenvalue weighted by Crippen LogP contribution is -2.41.